The molecule has 0 aliphatic carbocycles. The Labute approximate surface area is 170 Å². The monoisotopic (exact) mass is 412 g/mol. The second-order valence-corrected chi connectivity index (χ2v) is 8.38. The minimum absolute atomic E-state index is 0.175. The number of carbonyl (C=O) groups excluding carboxylic acids is 2. The minimum atomic E-state index is -0.243. The maximum absolute atomic E-state index is 14.0. The van der Waals surface area contributed by atoms with E-state index in [-0.39, 0.29) is 23.7 Å². The van der Waals surface area contributed by atoms with Crippen LogP contribution in [-0.4, -0.2) is 17.6 Å². The zero-order valence-electron chi connectivity index (χ0n) is 14.8. The van der Waals surface area contributed by atoms with Crippen LogP contribution >= 0.6 is 23.1 Å². The molecule has 0 saturated carbocycles. The summed E-state index contributed by atoms with van der Waals surface area (Å²) >= 11 is 2.85. The van der Waals surface area contributed by atoms with Crippen LogP contribution in [0.3, 0.4) is 0 Å². The van der Waals surface area contributed by atoms with E-state index in [2.05, 4.69) is 10.6 Å². The van der Waals surface area contributed by atoms with Crippen LogP contribution in [0.15, 0.2) is 64.9 Å². The summed E-state index contributed by atoms with van der Waals surface area (Å²) in [6.45, 7) is 0. The molecule has 3 aromatic rings. The fourth-order valence-corrected chi connectivity index (χ4v) is 4.84. The van der Waals surface area contributed by atoms with Crippen molar-refractivity contribution in [3.8, 4) is 0 Å². The average molecular weight is 413 g/mol. The molecule has 1 aliphatic heterocycles. The van der Waals surface area contributed by atoms with E-state index in [0.717, 1.165) is 17.7 Å². The summed E-state index contributed by atoms with van der Waals surface area (Å²) in [5.74, 6) is 0.119. The highest BCUT2D eigenvalue weighted by Gasteiger charge is 2.24. The molecule has 142 valence electrons. The highest BCUT2D eigenvalue weighted by Crippen LogP contribution is 2.37. The molecule has 1 aliphatic rings. The van der Waals surface area contributed by atoms with Crippen molar-refractivity contribution in [2.24, 2.45) is 0 Å². The van der Waals surface area contributed by atoms with Gasteiger partial charge in [-0.05, 0) is 53.8 Å². The molecule has 2 amide bonds. The van der Waals surface area contributed by atoms with Crippen LogP contribution in [0.1, 0.15) is 38.1 Å². The normalized spacial score (nSPS) is 15.5. The molecule has 2 heterocycles. The van der Waals surface area contributed by atoms with Gasteiger partial charge in [0.05, 0.1) is 10.9 Å². The Kier molecular flexibility index (Phi) is 5.45. The van der Waals surface area contributed by atoms with Crippen molar-refractivity contribution in [2.45, 2.75) is 17.4 Å². The van der Waals surface area contributed by atoms with E-state index in [1.54, 1.807) is 36.4 Å². The first-order chi connectivity index (χ1) is 13.6. The number of amides is 2. The topological polar surface area (TPSA) is 58.2 Å². The first-order valence-electron chi connectivity index (χ1n) is 8.79. The lowest BCUT2D eigenvalue weighted by atomic mass is 10.0. The number of nitrogens with one attached hydrogen (secondary N) is 2. The molecule has 7 heteroatoms. The predicted molar refractivity (Wildman–Crippen MR) is 111 cm³/mol. The first kappa shape index (κ1) is 18.7. The van der Waals surface area contributed by atoms with Gasteiger partial charge in [-0.25, -0.2) is 4.39 Å². The Morgan fingerprint density at radius 2 is 1.82 bits per heavy atom. The van der Waals surface area contributed by atoms with E-state index in [1.807, 2.05) is 17.5 Å². The van der Waals surface area contributed by atoms with Crippen molar-refractivity contribution >= 4 is 40.6 Å². The van der Waals surface area contributed by atoms with Gasteiger partial charge in [0, 0.05) is 21.9 Å². The van der Waals surface area contributed by atoms with E-state index in [4.69, 9.17) is 0 Å². The number of halogens is 1. The maximum atomic E-state index is 14.0. The molecule has 2 aromatic carbocycles. The van der Waals surface area contributed by atoms with Crippen molar-refractivity contribution in [2.75, 3.05) is 11.1 Å². The van der Waals surface area contributed by atoms with Crippen molar-refractivity contribution < 1.29 is 14.0 Å². The standard InChI is InChI=1S/C21H17FN2O2S2/c22-16-4-1-3-15-17(10-12-28-19(15)16)24-20(25)13-6-8-14(9-7-13)23-21(26)18-5-2-11-27-18/h1-9,11,17H,10,12H2,(H,23,26)(H,24,25). The smallest absolute Gasteiger partial charge is 0.265 e. The quantitative estimate of drug-likeness (QED) is 0.626. The fraction of sp³-hybridized carbons (Fsp3) is 0.143. The lowest BCUT2D eigenvalue weighted by Gasteiger charge is -2.26. The summed E-state index contributed by atoms with van der Waals surface area (Å²) in [5.41, 5.74) is 1.94. The van der Waals surface area contributed by atoms with E-state index >= 15 is 0 Å². The number of benzene rings is 2. The molecule has 1 unspecified atom stereocenters. The average Bonchev–Trinajstić information content (AvgIpc) is 3.24. The van der Waals surface area contributed by atoms with Crippen molar-refractivity contribution in [3.63, 3.8) is 0 Å². The van der Waals surface area contributed by atoms with Crippen molar-refractivity contribution in [1.29, 1.82) is 0 Å². The molecule has 0 fully saturated rings. The van der Waals surface area contributed by atoms with Crippen LogP contribution in [0.4, 0.5) is 10.1 Å². The summed E-state index contributed by atoms with van der Waals surface area (Å²) in [5, 5.41) is 7.65. The third-order valence-corrected chi connectivity index (χ3v) is 6.51. The van der Waals surface area contributed by atoms with Gasteiger partial charge in [-0.3, -0.25) is 9.59 Å². The summed E-state index contributed by atoms with van der Waals surface area (Å²) in [6, 6.07) is 15.1. The summed E-state index contributed by atoms with van der Waals surface area (Å²) in [4.78, 5) is 26.0. The number of thioether (sulfide) groups is 1. The molecule has 1 aromatic heterocycles. The molecule has 2 N–H and O–H groups in total. The summed E-state index contributed by atoms with van der Waals surface area (Å²) < 4.78 is 14.0. The molecule has 4 nitrogen and oxygen atoms in total. The molecule has 0 spiro atoms. The number of hydrogen-bond donors (Lipinski definition) is 2. The van der Waals surface area contributed by atoms with Crippen LogP contribution in [0.25, 0.3) is 0 Å². The highest BCUT2D eigenvalue weighted by molar-refractivity contribution is 7.99. The molecule has 0 radical (unpaired) electrons. The van der Waals surface area contributed by atoms with Crippen LogP contribution < -0.4 is 10.6 Å². The SMILES string of the molecule is O=C(NC1CCSc2c(F)cccc21)c1ccc(NC(=O)c2cccs2)cc1. The summed E-state index contributed by atoms with van der Waals surface area (Å²) in [6.07, 6.45) is 0.752. The first-order valence-corrected chi connectivity index (χ1v) is 10.7. The predicted octanol–water partition coefficient (Wildman–Crippen LogP) is 5.11. The number of carbonyl (C=O) groups is 2. The molecule has 1 atom stereocenters. The molecular weight excluding hydrogens is 395 g/mol. The van der Waals surface area contributed by atoms with Crippen LogP contribution in [0.2, 0.25) is 0 Å². The second kappa shape index (κ2) is 8.16. The Bertz CT molecular complexity index is 1000. The molecule has 0 saturated heterocycles. The van der Waals surface area contributed by atoms with Gasteiger partial charge in [0.15, 0.2) is 0 Å². The number of thiophene rings is 1. The molecule has 4 rings (SSSR count). The van der Waals surface area contributed by atoms with Gasteiger partial charge in [-0.15, -0.1) is 23.1 Å². The van der Waals surface area contributed by atoms with Gasteiger partial charge in [-0.2, -0.15) is 0 Å². The zero-order valence-corrected chi connectivity index (χ0v) is 16.4. The minimum Gasteiger partial charge on any atom is -0.345 e. The number of anilines is 1. The van der Waals surface area contributed by atoms with E-state index < -0.39 is 0 Å². The largest absolute Gasteiger partial charge is 0.345 e. The van der Waals surface area contributed by atoms with E-state index in [1.165, 1.54) is 29.2 Å². The van der Waals surface area contributed by atoms with E-state index in [0.29, 0.717) is 21.0 Å². The molecular formula is C21H17FN2O2S2. The molecule has 0 bridgehead atoms. The van der Waals surface area contributed by atoms with Crippen LogP contribution in [0, 0.1) is 5.82 Å². The van der Waals surface area contributed by atoms with Gasteiger partial charge in [0.1, 0.15) is 5.82 Å². The van der Waals surface area contributed by atoms with Gasteiger partial charge in [0.25, 0.3) is 11.8 Å². The van der Waals surface area contributed by atoms with E-state index in [9.17, 15) is 14.0 Å². The number of fused-ring (bicyclic) bond motifs is 1. The van der Waals surface area contributed by atoms with Gasteiger partial charge in [-0.1, -0.05) is 18.2 Å². The highest BCUT2D eigenvalue weighted by atomic mass is 32.2. The zero-order chi connectivity index (χ0) is 19.5. The van der Waals surface area contributed by atoms with Crippen molar-refractivity contribution in [3.05, 3.63) is 81.8 Å². The Morgan fingerprint density at radius 1 is 1.00 bits per heavy atom. The Morgan fingerprint density at radius 3 is 2.57 bits per heavy atom. The number of hydrogen-bond acceptors (Lipinski definition) is 4. The lowest BCUT2D eigenvalue weighted by molar-refractivity contribution is 0.0934. The third-order valence-electron chi connectivity index (χ3n) is 4.48. The Hall–Kier alpha value is -2.64. The van der Waals surface area contributed by atoms with Crippen LogP contribution in [-0.2, 0) is 0 Å². The number of rotatable bonds is 4. The van der Waals surface area contributed by atoms with Crippen LogP contribution in [0.5, 0.6) is 0 Å². The fourth-order valence-electron chi connectivity index (χ4n) is 3.08. The van der Waals surface area contributed by atoms with Gasteiger partial charge >= 0.3 is 0 Å². The third kappa shape index (κ3) is 3.95. The summed E-state index contributed by atoms with van der Waals surface area (Å²) in [7, 11) is 0. The second-order valence-electron chi connectivity index (χ2n) is 6.33. The maximum Gasteiger partial charge on any atom is 0.265 e. The Balaban J connectivity index is 1.43. The lowest BCUT2D eigenvalue weighted by Crippen LogP contribution is -2.30. The molecule has 28 heavy (non-hydrogen) atoms. The van der Waals surface area contributed by atoms with Gasteiger partial charge in [0.2, 0.25) is 0 Å². The van der Waals surface area contributed by atoms with Crippen molar-refractivity contribution in [1.82, 2.24) is 5.32 Å². The van der Waals surface area contributed by atoms with Gasteiger partial charge < -0.3 is 10.6 Å².